The van der Waals surface area contributed by atoms with Crippen LogP contribution in [0.15, 0.2) is 18.3 Å². The average Bonchev–Trinajstić information content (AvgIpc) is 2.34. The van der Waals surface area contributed by atoms with Crippen LogP contribution in [-0.2, 0) is 16.1 Å². The molecule has 1 rings (SSSR count). The molecule has 0 atom stereocenters. The van der Waals surface area contributed by atoms with Crippen molar-refractivity contribution in [3.63, 3.8) is 0 Å². The van der Waals surface area contributed by atoms with E-state index in [1.165, 1.54) is 4.90 Å². The van der Waals surface area contributed by atoms with Crippen LogP contribution >= 0.6 is 0 Å². The molecule has 7 nitrogen and oxygen atoms in total. The van der Waals surface area contributed by atoms with Crippen molar-refractivity contribution in [2.24, 2.45) is 11.5 Å². The lowest BCUT2D eigenvalue weighted by Crippen LogP contribution is -2.41. The molecule has 1 aromatic rings. The normalized spacial score (nSPS) is 11.2. The van der Waals surface area contributed by atoms with Gasteiger partial charge in [0.05, 0.1) is 13.1 Å². The van der Waals surface area contributed by atoms with Gasteiger partial charge in [0.2, 0.25) is 11.8 Å². The van der Waals surface area contributed by atoms with Gasteiger partial charge in [-0.2, -0.15) is 0 Å². The molecule has 2 amide bonds. The zero-order chi connectivity index (χ0) is 16.0. The van der Waals surface area contributed by atoms with E-state index in [4.69, 9.17) is 11.5 Å². The summed E-state index contributed by atoms with van der Waals surface area (Å²) in [4.78, 5) is 28.1. The molecule has 116 valence electrons. The maximum Gasteiger partial charge on any atom is 0.237 e. The van der Waals surface area contributed by atoms with E-state index in [0.29, 0.717) is 12.4 Å². The summed E-state index contributed by atoms with van der Waals surface area (Å²) in [5.74, 6) is -0.555. The van der Waals surface area contributed by atoms with E-state index in [1.54, 1.807) is 12.3 Å². The summed E-state index contributed by atoms with van der Waals surface area (Å²) in [7, 11) is 0. The van der Waals surface area contributed by atoms with Crippen LogP contribution in [0.4, 0.5) is 5.82 Å². The molecular weight excluding hydrogens is 270 g/mol. The van der Waals surface area contributed by atoms with Crippen molar-refractivity contribution >= 4 is 17.6 Å². The standard InChI is InChI=1S/C14H23N5O2/c1-14(2,3)18-7-10-5-4-6-17-13(10)19(8-11(15)20)9-12(16)21/h4-6,18H,7-9H2,1-3H3,(H2,15,20)(H2,16,21). The Kier molecular flexibility index (Phi) is 5.66. The number of nitrogens with one attached hydrogen (secondary N) is 1. The Morgan fingerprint density at radius 1 is 1.24 bits per heavy atom. The SMILES string of the molecule is CC(C)(C)NCc1cccnc1N(CC(N)=O)CC(N)=O. The summed E-state index contributed by atoms with van der Waals surface area (Å²) in [6.45, 7) is 6.49. The molecule has 0 aliphatic heterocycles. The first-order chi connectivity index (χ1) is 9.69. The number of primary amides is 2. The van der Waals surface area contributed by atoms with Gasteiger partial charge in [0.1, 0.15) is 5.82 Å². The van der Waals surface area contributed by atoms with Gasteiger partial charge >= 0.3 is 0 Å². The van der Waals surface area contributed by atoms with Gasteiger partial charge < -0.3 is 21.7 Å². The molecule has 0 unspecified atom stereocenters. The summed E-state index contributed by atoms with van der Waals surface area (Å²) in [5, 5.41) is 3.34. The van der Waals surface area contributed by atoms with Crippen LogP contribution in [-0.4, -0.2) is 35.4 Å². The number of carbonyl (C=O) groups excluding carboxylic acids is 2. The number of aromatic nitrogens is 1. The Labute approximate surface area is 124 Å². The molecule has 1 aromatic heterocycles. The second-order valence-corrected chi connectivity index (χ2v) is 5.88. The van der Waals surface area contributed by atoms with Crippen LogP contribution in [0.5, 0.6) is 0 Å². The summed E-state index contributed by atoms with van der Waals surface area (Å²) in [6, 6.07) is 3.69. The van der Waals surface area contributed by atoms with Crippen LogP contribution in [0, 0.1) is 0 Å². The summed E-state index contributed by atoms with van der Waals surface area (Å²) < 4.78 is 0. The minimum absolute atomic E-state index is 0.0642. The molecule has 5 N–H and O–H groups in total. The van der Waals surface area contributed by atoms with Crippen molar-refractivity contribution in [2.45, 2.75) is 32.9 Å². The minimum Gasteiger partial charge on any atom is -0.368 e. The second-order valence-electron chi connectivity index (χ2n) is 5.88. The predicted octanol–water partition coefficient (Wildman–Crippen LogP) is -0.253. The Morgan fingerprint density at radius 3 is 2.29 bits per heavy atom. The van der Waals surface area contributed by atoms with E-state index in [1.807, 2.05) is 26.8 Å². The van der Waals surface area contributed by atoms with Crippen LogP contribution < -0.4 is 21.7 Å². The zero-order valence-electron chi connectivity index (χ0n) is 12.7. The fourth-order valence-electron chi connectivity index (χ4n) is 1.80. The topological polar surface area (TPSA) is 114 Å². The Bertz CT molecular complexity index is 494. The van der Waals surface area contributed by atoms with E-state index in [9.17, 15) is 9.59 Å². The maximum atomic E-state index is 11.2. The highest BCUT2D eigenvalue weighted by molar-refractivity contribution is 5.84. The summed E-state index contributed by atoms with van der Waals surface area (Å²) >= 11 is 0. The largest absolute Gasteiger partial charge is 0.368 e. The van der Waals surface area contributed by atoms with Crippen molar-refractivity contribution in [2.75, 3.05) is 18.0 Å². The first kappa shape index (κ1) is 16.9. The van der Waals surface area contributed by atoms with E-state index >= 15 is 0 Å². The Morgan fingerprint density at radius 2 is 1.81 bits per heavy atom. The van der Waals surface area contributed by atoms with Crippen molar-refractivity contribution in [1.82, 2.24) is 10.3 Å². The number of carbonyl (C=O) groups is 2. The van der Waals surface area contributed by atoms with Gasteiger partial charge in [-0.05, 0) is 26.8 Å². The van der Waals surface area contributed by atoms with E-state index in [-0.39, 0.29) is 18.6 Å². The van der Waals surface area contributed by atoms with Crippen LogP contribution in [0.3, 0.4) is 0 Å². The number of nitrogens with two attached hydrogens (primary N) is 2. The van der Waals surface area contributed by atoms with E-state index in [2.05, 4.69) is 10.3 Å². The van der Waals surface area contributed by atoms with Gasteiger partial charge in [0, 0.05) is 23.8 Å². The number of nitrogens with zero attached hydrogens (tertiary/aromatic N) is 2. The fourth-order valence-corrected chi connectivity index (χ4v) is 1.80. The monoisotopic (exact) mass is 293 g/mol. The second kappa shape index (κ2) is 7.03. The van der Waals surface area contributed by atoms with Gasteiger partial charge in [-0.15, -0.1) is 0 Å². The molecule has 0 bridgehead atoms. The lowest BCUT2D eigenvalue weighted by Gasteiger charge is -2.25. The van der Waals surface area contributed by atoms with Gasteiger partial charge in [0.15, 0.2) is 0 Å². The quantitative estimate of drug-likeness (QED) is 0.641. The molecule has 1 heterocycles. The lowest BCUT2D eigenvalue weighted by molar-refractivity contribution is -0.117. The number of amides is 2. The molecule has 0 saturated carbocycles. The molecule has 0 aliphatic rings. The lowest BCUT2D eigenvalue weighted by atomic mass is 10.1. The average molecular weight is 293 g/mol. The van der Waals surface area contributed by atoms with Crippen molar-refractivity contribution in [1.29, 1.82) is 0 Å². The first-order valence-corrected chi connectivity index (χ1v) is 6.69. The fraction of sp³-hybridized carbons (Fsp3) is 0.500. The molecule has 7 heteroatoms. The van der Waals surface area contributed by atoms with Gasteiger partial charge in [0.25, 0.3) is 0 Å². The summed E-state index contributed by atoms with van der Waals surface area (Å²) in [6.07, 6.45) is 1.60. The molecule has 0 aromatic carbocycles. The molecular formula is C14H23N5O2. The molecule has 0 aliphatic carbocycles. The highest BCUT2D eigenvalue weighted by Crippen LogP contribution is 2.17. The third-order valence-electron chi connectivity index (χ3n) is 2.67. The van der Waals surface area contributed by atoms with Crippen molar-refractivity contribution < 1.29 is 9.59 Å². The first-order valence-electron chi connectivity index (χ1n) is 6.69. The molecule has 21 heavy (non-hydrogen) atoms. The highest BCUT2D eigenvalue weighted by atomic mass is 16.2. The van der Waals surface area contributed by atoms with Gasteiger partial charge in [-0.3, -0.25) is 9.59 Å². The molecule has 0 fully saturated rings. The zero-order valence-corrected chi connectivity index (χ0v) is 12.7. The molecule has 0 saturated heterocycles. The highest BCUT2D eigenvalue weighted by Gasteiger charge is 2.18. The van der Waals surface area contributed by atoms with E-state index < -0.39 is 11.8 Å². The van der Waals surface area contributed by atoms with Gasteiger partial charge in [-0.1, -0.05) is 6.07 Å². The Balaban J connectivity index is 3.01. The molecule has 0 spiro atoms. The molecule has 0 radical (unpaired) electrons. The van der Waals surface area contributed by atoms with E-state index in [0.717, 1.165) is 5.56 Å². The smallest absolute Gasteiger partial charge is 0.237 e. The number of hydrogen-bond acceptors (Lipinski definition) is 5. The van der Waals surface area contributed by atoms with Crippen LogP contribution in [0.2, 0.25) is 0 Å². The van der Waals surface area contributed by atoms with Gasteiger partial charge in [-0.25, -0.2) is 4.98 Å². The number of anilines is 1. The third-order valence-corrected chi connectivity index (χ3v) is 2.67. The predicted molar refractivity (Wildman–Crippen MR) is 81.4 cm³/mol. The van der Waals surface area contributed by atoms with Crippen LogP contribution in [0.1, 0.15) is 26.3 Å². The van der Waals surface area contributed by atoms with Crippen molar-refractivity contribution in [3.05, 3.63) is 23.9 Å². The number of hydrogen-bond donors (Lipinski definition) is 3. The Hall–Kier alpha value is -2.15. The minimum atomic E-state index is -0.545. The van der Waals surface area contributed by atoms with Crippen LogP contribution in [0.25, 0.3) is 0 Å². The summed E-state index contributed by atoms with van der Waals surface area (Å²) in [5.41, 5.74) is 11.3. The van der Waals surface area contributed by atoms with Crippen molar-refractivity contribution in [3.8, 4) is 0 Å². The number of pyridine rings is 1. The third kappa shape index (κ3) is 6.22. The number of rotatable bonds is 7. The maximum absolute atomic E-state index is 11.2.